The van der Waals surface area contributed by atoms with E-state index in [2.05, 4.69) is 36.4 Å². The van der Waals surface area contributed by atoms with Gasteiger partial charge in [0.25, 0.3) is 5.95 Å². The number of anilines is 1. The summed E-state index contributed by atoms with van der Waals surface area (Å²) in [7, 11) is 0. The Labute approximate surface area is 120 Å². The summed E-state index contributed by atoms with van der Waals surface area (Å²) in [6, 6.07) is 10.6. The second kappa shape index (κ2) is 5.69. The van der Waals surface area contributed by atoms with Crippen molar-refractivity contribution in [2.45, 2.75) is 25.3 Å². The lowest BCUT2D eigenvalue weighted by Gasteiger charge is -2.37. The molecule has 1 aromatic heterocycles. The molecule has 0 atom stereocenters. The number of hydrogen-bond acceptors (Lipinski definition) is 4. The molecule has 3 rings (SSSR count). The minimum Gasteiger partial charge on any atom is -0.336 e. The van der Waals surface area contributed by atoms with Crippen molar-refractivity contribution in [2.75, 3.05) is 16.8 Å². The highest BCUT2D eigenvalue weighted by molar-refractivity contribution is 9.09. The van der Waals surface area contributed by atoms with E-state index in [1.165, 1.54) is 19.3 Å². The largest absolute Gasteiger partial charge is 0.336 e. The van der Waals surface area contributed by atoms with E-state index in [1.54, 1.807) is 0 Å². The van der Waals surface area contributed by atoms with Gasteiger partial charge in [-0.2, -0.15) is 4.68 Å². The fourth-order valence-electron chi connectivity index (χ4n) is 2.33. The highest BCUT2D eigenvalue weighted by Crippen LogP contribution is 2.29. The maximum Gasteiger partial charge on any atom is 0.250 e. The first-order valence-corrected chi connectivity index (χ1v) is 7.68. The number of halogens is 1. The van der Waals surface area contributed by atoms with Gasteiger partial charge in [0.05, 0.1) is 5.69 Å². The molecule has 0 amide bonds. The second-order valence-corrected chi connectivity index (χ2v) is 5.49. The molecule has 19 heavy (non-hydrogen) atoms. The lowest BCUT2D eigenvalue weighted by Crippen LogP contribution is -2.42. The third-order valence-electron chi connectivity index (χ3n) is 3.55. The number of nitrogens with zero attached hydrogens (tertiary/aromatic N) is 5. The van der Waals surface area contributed by atoms with Gasteiger partial charge in [-0.05, 0) is 41.8 Å². The molecule has 0 radical (unpaired) electrons. The molecule has 0 unspecified atom stereocenters. The standard InChI is InChI=1S/C13H16BrN5/c14-9-10-18(11-7-4-8-11)13-15-16-17-19(13)12-5-2-1-3-6-12/h1-3,5-6,11H,4,7-10H2. The van der Waals surface area contributed by atoms with E-state index in [1.807, 2.05) is 35.0 Å². The average Bonchev–Trinajstić information content (AvgIpc) is 2.86. The van der Waals surface area contributed by atoms with Crippen molar-refractivity contribution in [2.24, 2.45) is 0 Å². The molecule has 0 N–H and O–H groups in total. The van der Waals surface area contributed by atoms with Crippen LogP contribution in [0, 0.1) is 0 Å². The molecule has 0 bridgehead atoms. The molecule has 2 aromatic rings. The van der Waals surface area contributed by atoms with Gasteiger partial charge < -0.3 is 4.90 Å². The Morgan fingerprint density at radius 3 is 2.68 bits per heavy atom. The highest BCUT2D eigenvalue weighted by Gasteiger charge is 2.28. The zero-order chi connectivity index (χ0) is 13.1. The predicted molar refractivity (Wildman–Crippen MR) is 77.9 cm³/mol. The summed E-state index contributed by atoms with van der Waals surface area (Å²) in [6.45, 7) is 0.928. The van der Waals surface area contributed by atoms with Gasteiger partial charge in [0, 0.05) is 17.9 Å². The number of tetrazole rings is 1. The van der Waals surface area contributed by atoms with Crippen molar-refractivity contribution in [3.05, 3.63) is 30.3 Å². The molecule has 1 aliphatic carbocycles. The summed E-state index contributed by atoms with van der Waals surface area (Å²) < 4.78 is 1.82. The Bertz CT molecular complexity index is 523. The van der Waals surface area contributed by atoms with E-state index < -0.39 is 0 Å². The maximum absolute atomic E-state index is 4.22. The Hall–Kier alpha value is -1.43. The Morgan fingerprint density at radius 1 is 1.26 bits per heavy atom. The summed E-state index contributed by atoms with van der Waals surface area (Å²) in [5.74, 6) is 0.843. The first-order chi connectivity index (χ1) is 9.40. The van der Waals surface area contributed by atoms with Gasteiger partial charge >= 0.3 is 0 Å². The summed E-state index contributed by atoms with van der Waals surface area (Å²) in [4.78, 5) is 2.31. The number of rotatable bonds is 5. The molecule has 0 saturated heterocycles. The van der Waals surface area contributed by atoms with Crippen LogP contribution < -0.4 is 4.90 Å². The van der Waals surface area contributed by atoms with Gasteiger partial charge in [-0.3, -0.25) is 0 Å². The van der Waals surface area contributed by atoms with Crippen LogP contribution in [-0.2, 0) is 0 Å². The van der Waals surface area contributed by atoms with Crippen LogP contribution in [0.25, 0.3) is 5.69 Å². The van der Waals surface area contributed by atoms with Gasteiger partial charge in [0.1, 0.15) is 0 Å². The van der Waals surface area contributed by atoms with Crippen molar-refractivity contribution in [3.8, 4) is 5.69 Å². The lowest BCUT2D eigenvalue weighted by atomic mass is 9.92. The highest BCUT2D eigenvalue weighted by atomic mass is 79.9. The number of aromatic nitrogens is 4. The van der Waals surface area contributed by atoms with Crippen molar-refractivity contribution in [1.29, 1.82) is 0 Å². The van der Waals surface area contributed by atoms with Gasteiger partial charge in [-0.15, -0.1) is 0 Å². The van der Waals surface area contributed by atoms with Gasteiger partial charge in [0.2, 0.25) is 0 Å². The van der Waals surface area contributed by atoms with Crippen LogP contribution in [0.1, 0.15) is 19.3 Å². The lowest BCUT2D eigenvalue weighted by molar-refractivity contribution is 0.385. The molecule has 100 valence electrons. The molecule has 5 nitrogen and oxygen atoms in total. The van der Waals surface area contributed by atoms with Crippen LogP contribution in [0.15, 0.2) is 30.3 Å². The Kier molecular flexibility index (Phi) is 3.77. The van der Waals surface area contributed by atoms with Crippen LogP contribution >= 0.6 is 15.9 Å². The monoisotopic (exact) mass is 321 g/mol. The minimum absolute atomic E-state index is 0.575. The third-order valence-corrected chi connectivity index (χ3v) is 3.91. The van der Waals surface area contributed by atoms with E-state index in [0.29, 0.717) is 6.04 Å². The molecule has 6 heteroatoms. The minimum atomic E-state index is 0.575. The zero-order valence-electron chi connectivity index (χ0n) is 10.6. The quantitative estimate of drug-likeness (QED) is 0.793. The van der Waals surface area contributed by atoms with Crippen molar-refractivity contribution < 1.29 is 0 Å². The smallest absolute Gasteiger partial charge is 0.250 e. The number of alkyl halides is 1. The fraction of sp³-hybridized carbons (Fsp3) is 0.462. The zero-order valence-corrected chi connectivity index (χ0v) is 12.2. The molecule has 0 aliphatic heterocycles. The van der Waals surface area contributed by atoms with E-state index in [9.17, 15) is 0 Å². The number of hydrogen-bond donors (Lipinski definition) is 0. The van der Waals surface area contributed by atoms with Crippen LogP contribution in [0.3, 0.4) is 0 Å². The van der Waals surface area contributed by atoms with Crippen molar-refractivity contribution >= 4 is 21.9 Å². The third kappa shape index (κ3) is 2.49. The van der Waals surface area contributed by atoms with E-state index in [-0.39, 0.29) is 0 Å². The molecule has 0 spiro atoms. The molecule has 1 aliphatic rings. The van der Waals surface area contributed by atoms with Crippen LogP contribution in [0.5, 0.6) is 0 Å². The van der Waals surface area contributed by atoms with Crippen molar-refractivity contribution in [1.82, 2.24) is 20.2 Å². The Morgan fingerprint density at radius 2 is 2.05 bits per heavy atom. The molecular formula is C13H16BrN5. The normalized spacial score (nSPS) is 15.2. The average molecular weight is 322 g/mol. The van der Waals surface area contributed by atoms with E-state index in [0.717, 1.165) is 23.5 Å². The summed E-state index contributed by atoms with van der Waals surface area (Å²) in [6.07, 6.45) is 3.76. The summed E-state index contributed by atoms with van der Waals surface area (Å²) in [5.41, 5.74) is 1.00. The molecule has 1 fully saturated rings. The summed E-state index contributed by atoms with van der Waals surface area (Å²) >= 11 is 3.52. The van der Waals surface area contributed by atoms with E-state index in [4.69, 9.17) is 0 Å². The summed E-state index contributed by atoms with van der Waals surface area (Å²) in [5, 5.41) is 13.1. The Balaban J connectivity index is 1.93. The first kappa shape index (κ1) is 12.6. The molecule has 1 aromatic carbocycles. The fourth-order valence-corrected chi connectivity index (χ4v) is 2.72. The van der Waals surface area contributed by atoms with E-state index >= 15 is 0 Å². The number of benzene rings is 1. The number of para-hydroxylation sites is 1. The SMILES string of the molecule is BrCCN(c1nnnn1-c1ccccc1)C1CCC1. The van der Waals surface area contributed by atoms with Gasteiger partial charge in [-0.25, -0.2) is 0 Å². The van der Waals surface area contributed by atoms with Crippen molar-refractivity contribution in [3.63, 3.8) is 0 Å². The predicted octanol–water partition coefficient (Wildman–Crippen LogP) is 2.42. The first-order valence-electron chi connectivity index (χ1n) is 6.56. The topological polar surface area (TPSA) is 46.8 Å². The van der Waals surface area contributed by atoms with Gasteiger partial charge in [0.15, 0.2) is 0 Å². The van der Waals surface area contributed by atoms with Crippen LogP contribution in [-0.4, -0.2) is 38.1 Å². The molecule has 1 heterocycles. The molecular weight excluding hydrogens is 306 g/mol. The second-order valence-electron chi connectivity index (χ2n) is 4.69. The van der Waals surface area contributed by atoms with Crippen LogP contribution in [0.4, 0.5) is 5.95 Å². The maximum atomic E-state index is 4.22. The van der Waals surface area contributed by atoms with Crippen LogP contribution in [0.2, 0.25) is 0 Å². The van der Waals surface area contributed by atoms with Gasteiger partial charge in [-0.1, -0.05) is 39.2 Å². The molecule has 1 saturated carbocycles.